The predicted octanol–water partition coefficient (Wildman–Crippen LogP) is 4.43. The van der Waals surface area contributed by atoms with Gasteiger partial charge in [-0.25, -0.2) is 0 Å². The van der Waals surface area contributed by atoms with Crippen LogP contribution in [0.3, 0.4) is 0 Å². The fraction of sp³-hybridized carbons (Fsp3) is 0.333. The molecule has 0 saturated carbocycles. The summed E-state index contributed by atoms with van der Waals surface area (Å²) in [6.45, 7) is 5.46. The normalized spacial score (nSPS) is 31.1. The fourth-order valence-electron chi connectivity index (χ4n) is 4.95. The number of benzene rings is 2. The van der Waals surface area contributed by atoms with Crippen LogP contribution in [0, 0.1) is 64.1 Å². The van der Waals surface area contributed by atoms with Gasteiger partial charge in [-0.3, -0.25) is 5.41 Å². The molecule has 0 spiro atoms. The Morgan fingerprint density at radius 1 is 0.967 bits per heavy atom. The molecule has 6 heteroatoms. The zero-order valence-electron chi connectivity index (χ0n) is 16.9. The summed E-state index contributed by atoms with van der Waals surface area (Å²) in [7, 11) is 0. The van der Waals surface area contributed by atoms with Crippen LogP contribution in [0.2, 0.25) is 0 Å². The van der Waals surface area contributed by atoms with Gasteiger partial charge in [-0.05, 0) is 30.5 Å². The average Bonchev–Trinajstić information content (AvgIpc) is 2.93. The average molecular weight is 396 g/mol. The van der Waals surface area contributed by atoms with Crippen molar-refractivity contribution in [2.75, 3.05) is 0 Å². The van der Waals surface area contributed by atoms with Crippen molar-refractivity contribution >= 4 is 5.90 Å². The topological polar surface area (TPSA) is 114 Å². The lowest BCUT2D eigenvalue weighted by Gasteiger charge is -2.49. The first-order chi connectivity index (χ1) is 14.3. The first-order valence-corrected chi connectivity index (χ1v) is 9.61. The number of nitrogens with zero attached hydrogens (tertiary/aromatic N) is 3. The lowest BCUT2D eigenvalue weighted by molar-refractivity contribution is -0.253. The second-order valence-corrected chi connectivity index (χ2v) is 8.10. The van der Waals surface area contributed by atoms with E-state index in [-0.39, 0.29) is 0 Å². The van der Waals surface area contributed by atoms with Crippen molar-refractivity contribution in [2.24, 2.45) is 10.8 Å². The zero-order chi connectivity index (χ0) is 21.7. The van der Waals surface area contributed by atoms with E-state index in [1.807, 2.05) is 50.2 Å². The van der Waals surface area contributed by atoms with Gasteiger partial charge in [0.15, 0.2) is 5.41 Å². The molecule has 4 atom stereocenters. The Morgan fingerprint density at radius 3 is 2.23 bits per heavy atom. The Labute approximate surface area is 175 Å². The van der Waals surface area contributed by atoms with Gasteiger partial charge in [0.2, 0.25) is 17.1 Å². The molecule has 30 heavy (non-hydrogen) atoms. The Morgan fingerprint density at radius 2 is 1.63 bits per heavy atom. The molecule has 2 heterocycles. The molecule has 2 saturated heterocycles. The standard InChI is InChI=1S/C24H20N4O2/c1-15-9-10-16(2)18(11-15)20-23(12-25,13-26)24(14-27)19(17-7-5-4-6-8-17)22(3,29-20)30-21(24)28/h4-11,19-20,28H,1-3H3. The number of fused-ring (bicyclic) bond motifs is 2. The molecule has 2 aromatic carbocycles. The minimum atomic E-state index is -1.98. The van der Waals surface area contributed by atoms with E-state index < -0.39 is 34.5 Å². The van der Waals surface area contributed by atoms with Crippen molar-refractivity contribution in [3.8, 4) is 18.2 Å². The number of ether oxygens (including phenoxy) is 2. The van der Waals surface area contributed by atoms with Crippen LogP contribution in [0.5, 0.6) is 0 Å². The number of hydrogen-bond donors (Lipinski definition) is 1. The number of nitriles is 3. The number of hydrogen-bond acceptors (Lipinski definition) is 6. The molecule has 4 rings (SSSR count). The highest BCUT2D eigenvalue weighted by Crippen LogP contribution is 2.69. The van der Waals surface area contributed by atoms with E-state index in [4.69, 9.17) is 14.9 Å². The Balaban J connectivity index is 2.07. The molecule has 148 valence electrons. The summed E-state index contributed by atoms with van der Waals surface area (Å²) in [6.07, 6.45) is -1.06. The number of rotatable bonds is 2. The summed E-state index contributed by atoms with van der Waals surface area (Å²) in [4.78, 5) is 0. The highest BCUT2D eigenvalue weighted by atomic mass is 16.7. The third-order valence-corrected chi connectivity index (χ3v) is 6.37. The van der Waals surface area contributed by atoms with Crippen LogP contribution in [0.4, 0.5) is 0 Å². The van der Waals surface area contributed by atoms with Crippen molar-refractivity contribution in [1.82, 2.24) is 0 Å². The minimum absolute atomic E-state index is 0.405. The zero-order valence-corrected chi connectivity index (χ0v) is 16.9. The maximum atomic E-state index is 10.4. The molecular weight excluding hydrogens is 376 g/mol. The summed E-state index contributed by atoms with van der Waals surface area (Å²) in [5, 5.41) is 39.8. The minimum Gasteiger partial charge on any atom is -0.447 e. The number of aryl methyl sites for hydroxylation is 2. The largest absolute Gasteiger partial charge is 0.447 e. The highest BCUT2D eigenvalue weighted by molar-refractivity contribution is 5.90. The molecule has 1 N–H and O–H groups in total. The first-order valence-electron chi connectivity index (χ1n) is 9.61. The molecule has 0 aliphatic carbocycles. The summed E-state index contributed by atoms with van der Waals surface area (Å²) in [5.74, 6) is -2.60. The van der Waals surface area contributed by atoms with Crippen LogP contribution in [-0.2, 0) is 9.47 Å². The summed E-state index contributed by atoms with van der Waals surface area (Å²) in [6, 6.07) is 21.1. The van der Waals surface area contributed by atoms with Crippen LogP contribution in [0.1, 0.15) is 41.2 Å². The lowest BCUT2D eigenvalue weighted by atomic mass is 9.52. The number of nitrogens with one attached hydrogen (secondary N) is 1. The molecule has 0 radical (unpaired) electrons. The maximum absolute atomic E-state index is 10.4. The quantitative estimate of drug-likeness (QED) is 0.807. The van der Waals surface area contributed by atoms with E-state index in [1.165, 1.54) is 0 Å². The van der Waals surface area contributed by atoms with Gasteiger partial charge < -0.3 is 9.47 Å². The molecule has 2 aliphatic rings. The smallest absolute Gasteiger partial charge is 0.218 e. The molecule has 2 fully saturated rings. The fourth-order valence-corrected chi connectivity index (χ4v) is 4.95. The predicted molar refractivity (Wildman–Crippen MR) is 108 cm³/mol. The van der Waals surface area contributed by atoms with Crippen molar-refractivity contribution in [2.45, 2.75) is 38.6 Å². The maximum Gasteiger partial charge on any atom is 0.218 e. The Hall–Kier alpha value is -3.66. The van der Waals surface area contributed by atoms with Gasteiger partial charge in [0.1, 0.15) is 6.10 Å². The van der Waals surface area contributed by atoms with E-state index in [2.05, 4.69) is 18.2 Å². The monoisotopic (exact) mass is 396 g/mol. The highest BCUT2D eigenvalue weighted by Gasteiger charge is 2.79. The molecule has 2 aromatic rings. The van der Waals surface area contributed by atoms with Crippen molar-refractivity contribution in [3.63, 3.8) is 0 Å². The van der Waals surface area contributed by atoms with Gasteiger partial charge >= 0.3 is 0 Å². The molecule has 4 unspecified atom stereocenters. The molecular formula is C24H20N4O2. The van der Waals surface area contributed by atoms with Crippen molar-refractivity contribution in [3.05, 3.63) is 70.8 Å². The van der Waals surface area contributed by atoms with Crippen LogP contribution >= 0.6 is 0 Å². The van der Waals surface area contributed by atoms with Gasteiger partial charge in [0.05, 0.1) is 24.1 Å². The van der Waals surface area contributed by atoms with E-state index in [0.717, 1.165) is 11.1 Å². The van der Waals surface area contributed by atoms with E-state index in [9.17, 15) is 15.8 Å². The lowest BCUT2D eigenvalue weighted by Crippen LogP contribution is -2.57. The van der Waals surface area contributed by atoms with Gasteiger partial charge in [-0.2, -0.15) is 15.8 Å². The molecule has 6 nitrogen and oxygen atoms in total. The first kappa shape index (κ1) is 19.6. The summed E-state index contributed by atoms with van der Waals surface area (Å²) in [5.41, 5.74) is -0.707. The molecule has 2 aliphatic heterocycles. The Bertz CT molecular complexity index is 1160. The Kier molecular flexibility index (Phi) is 4.21. The van der Waals surface area contributed by atoms with Crippen LogP contribution in [-0.4, -0.2) is 11.7 Å². The van der Waals surface area contributed by atoms with Crippen LogP contribution < -0.4 is 0 Å². The van der Waals surface area contributed by atoms with Crippen LogP contribution in [0.25, 0.3) is 0 Å². The van der Waals surface area contributed by atoms with Gasteiger partial charge in [0, 0.05) is 6.92 Å². The van der Waals surface area contributed by atoms with Gasteiger partial charge in [-0.15, -0.1) is 0 Å². The van der Waals surface area contributed by atoms with E-state index in [1.54, 1.807) is 19.1 Å². The SMILES string of the molecule is Cc1ccc(C)c(C2OC3(C)OC(=N)C(C#N)(C3c3ccccc3)C2(C#N)C#N)c1. The van der Waals surface area contributed by atoms with Crippen LogP contribution in [0.15, 0.2) is 48.5 Å². The van der Waals surface area contributed by atoms with E-state index >= 15 is 0 Å². The summed E-state index contributed by atoms with van der Waals surface area (Å²) >= 11 is 0. The third-order valence-electron chi connectivity index (χ3n) is 6.37. The molecule has 0 amide bonds. The van der Waals surface area contributed by atoms with Gasteiger partial charge in [0.25, 0.3) is 0 Å². The van der Waals surface area contributed by atoms with Crippen molar-refractivity contribution in [1.29, 1.82) is 21.2 Å². The second kappa shape index (κ2) is 6.42. The molecule has 0 aromatic heterocycles. The summed E-state index contributed by atoms with van der Waals surface area (Å²) < 4.78 is 12.2. The second-order valence-electron chi connectivity index (χ2n) is 8.10. The van der Waals surface area contributed by atoms with Crippen molar-refractivity contribution < 1.29 is 9.47 Å². The molecule has 2 bridgehead atoms. The third kappa shape index (κ3) is 2.22. The van der Waals surface area contributed by atoms with E-state index in [0.29, 0.717) is 11.1 Å². The van der Waals surface area contributed by atoms with Gasteiger partial charge in [-0.1, -0.05) is 54.1 Å².